The maximum Gasteiger partial charge on any atom is 0.328 e. The van der Waals surface area contributed by atoms with Gasteiger partial charge in [0.05, 0.1) is 13.2 Å². The number of urea groups is 1. The van der Waals surface area contributed by atoms with E-state index in [4.69, 9.17) is 9.84 Å². The molecule has 2 amide bonds. The molecule has 0 bridgehead atoms. The Balaban J connectivity index is 2.18. The zero-order valence-corrected chi connectivity index (χ0v) is 11.0. The zero-order valence-electron chi connectivity index (χ0n) is 11.0. The number of benzene rings is 1. The third kappa shape index (κ3) is 2.83. The molecule has 2 N–H and O–H groups in total. The second kappa shape index (κ2) is 5.79. The minimum Gasteiger partial charge on any atom is -0.508 e. The lowest BCUT2D eigenvalue weighted by atomic mass is 10.2. The smallest absolute Gasteiger partial charge is 0.328 e. The molecule has 0 aromatic heterocycles. The number of nitrogens with zero attached hydrogens (tertiary/aromatic N) is 2. The van der Waals surface area contributed by atoms with E-state index < -0.39 is 18.0 Å². The standard InChI is InChI=1S/C13H16N2O5/c1-14(9-3-2-4-10(16)7-9)13(19)15-5-6-20-8-11(15)12(17)18/h2-4,7,11,16H,5-6,8H2,1H3,(H,17,18). The van der Waals surface area contributed by atoms with Crippen LogP contribution < -0.4 is 4.90 Å². The quantitative estimate of drug-likeness (QED) is 0.833. The molecule has 0 radical (unpaired) electrons. The van der Waals surface area contributed by atoms with Crippen molar-refractivity contribution in [3.63, 3.8) is 0 Å². The lowest BCUT2D eigenvalue weighted by Crippen LogP contribution is -2.56. The second-order valence-electron chi connectivity index (χ2n) is 4.48. The Morgan fingerprint density at radius 3 is 2.85 bits per heavy atom. The molecule has 1 atom stereocenters. The van der Waals surface area contributed by atoms with Gasteiger partial charge >= 0.3 is 12.0 Å². The Labute approximate surface area is 116 Å². The minimum absolute atomic E-state index is 0.0189. The summed E-state index contributed by atoms with van der Waals surface area (Å²) in [6.45, 7) is 0.511. The van der Waals surface area contributed by atoms with Gasteiger partial charge in [-0.15, -0.1) is 0 Å². The van der Waals surface area contributed by atoms with Crippen LogP contribution in [0.4, 0.5) is 10.5 Å². The van der Waals surface area contributed by atoms with E-state index in [-0.39, 0.29) is 18.9 Å². The van der Waals surface area contributed by atoms with E-state index in [0.29, 0.717) is 12.3 Å². The third-order valence-electron chi connectivity index (χ3n) is 3.16. The molecule has 1 heterocycles. The molecular weight excluding hydrogens is 264 g/mol. The van der Waals surface area contributed by atoms with E-state index in [1.807, 2.05) is 0 Å². The Kier molecular flexibility index (Phi) is 4.09. The second-order valence-corrected chi connectivity index (χ2v) is 4.48. The first-order valence-corrected chi connectivity index (χ1v) is 6.14. The van der Waals surface area contributed by atoms with Crippen LogP contribution in [0.2, 0.25) is 0 Å². The number of rotatable bonds is 2. The molecule has 1 fully saturated rings. The SMILES string of the molecule is CN(C(=O)N1CCOCC1C(=O)O)c1cccc(O)c1. The van der Waals surface area contributed by atoms with Crippen LogP contribution in [-0.2, 0) is 9.53 Å². The molecule has 108 valence electrons. The highest BCUT2D eigenvalue weighted by molar-refractivity contribution is 5.94. The number of phenolic OH excluding ortho intramolecular Hbond substituents is 1. The van der Waals surface area contributed by atoms with Gasteiger partial charge in [0.15, 0.2) is 6.04 Å². The van der Waals surface area contributed by atoms with Gasteiger partial charge in [0.2, 0.25) is 0 Å². The van der Waals surface area contributed by atoms with Gasteiger partial charge < -0.3 is 19.8 Å². The summed E-state index contributed by atoms with van der Waals surface area (Å²) >= 11 is 0. The van der Waals surface area contributed by atoms with Crippen LogP contribution in [0.5, 0.6) is 5.75 Å². The number of aromatic hydroxyl groups is 1. The van der Waals surface area contributed by atoms with Crippen molar-refractivity contribution >= 4 is 17.7 Å². The van der Waals surface area contributed by atoms with Gasteiger partial charge in [-0.05, 0) is 12.1 Å². The summed E-state index contributed by atoms with van der Waals surface area (Å²) in [6, 6.07) is 4.78. The first-order valence-electron chi connectivity index (χ1n) is 6.14. The maximum absolute atomic E-state index is 12.4. The van der Waals surface area contributed by atoms with Gasteiger partial charge in [-0.3, -0.25) is 4.90 Å². The van der Waals surface area contributed by atoms with Crippen LogP contribution in [-0.4, -0.2) is 60.0 Å². The largest absolute Gasteiger partial charge is 0.508 e. The molecule has 2 rings (SSSR count). The first kappa shape index (κ1) is 14.1. The maximum atomic E-state index is 12.4. The van der Waals surface area contributed by atoms with Crippen LogP contribution in [0.25, 0.3) is 0 Å². The number of aliphatic carboxylic acids is 1. The van der Waals surface area contributed by atoms with Crippen molar-refractivity contribution in [2.75, 3.05) is 31.7 Å². The summed E-state index contributed by atoms with van der Waals surface area (Å²) in [5.74, 6) is -1.05. The van der Waals surface area contributed by atoms with E-state index >= 15 is 0 Å². The summed E-state index contributed by atoms with van der Waals surface area (Å²) in [4.78, 5) is 26.1. The molecule has 0 spiro atoms. The average Bonchev–Trinajstić information content (AvgIpc) is 2.45. The van der Waals surface area contributed by atoms with Crippen LogP contribution in [0.15, 0.2) is 24.3 Å². The molecule has 20 heavy (non-hydrogen) atoms. The van der Waals surface area contributed by atoms with Crippen LogP contribution in [0.1, 0.15) is 0 Å². The molecule has 1 unspecified atom stereocenters. The monoisotopic (exact) mass is 280 g/mol. The molecule has 1 aromatic rings. The Morgan fingerprint density at radius 1 is 1.45 bits per heavy atom. The fourth-order valence-corrected chi connectivity index (χ4v) is 2.04. The number of ether oxygens (including phenoxy) is 1. The lowest BCUT2D eigenvalue weighted by molar-refractivity contribution is -0.147. The summed E-state index contributed by atoms with van der Waals surface area (Å²) in [5.41, 5.74) is 0.491. The molecular formula is C13H16N2O5. The lowest BCUT2D eigenvalue weighted by Gasteiger charge is -2.35. The topological polar surface area (TPSA) is 90.3 Å². The number of phenols is 1. The highest BCUT2D eigenvalue weighted by Crippen LogP contribution is 2.21. The number of morpholine rings is 1. The Bertz CT molecular complexity index is 519. The van der Waals surface area contributed by atoms with Gasteiger partial charge in [-0.2, -0.15) is 0 Å². The van der Waals surface area contributed by atoms with E-state index in [1.165, 1.54) is 29.0 Å². The number of anilines is 1. The molecule has 1 aliphatic rings. The van der Waals surface area contributed by atoms with Crippen molar-refractivity contribution in [1.82, 2.24) is 4.90 Å². The molecule has 7 heteroatoms. The Morgan fingerprint density at radius 2 is 2.20 bits per heavy atom. The number of amides is 2. The van der Waals surface area contributed by atoms with E-state index in [2.05, 4.69) is 0 Å². The van der Waals surface area contributed by atoms with E-state index in [0.717, 1.165) is 0 Å². The molecule has 0 saturated carbocycles. The first-order chi connectivity index (χ1) is 9.50. The predicted octanol–water partition coefficient (Wildman–Crippen LogP) is 0.734. The number of hydrogen-bond donors (Lipinski definition) is 2. The highest BCUT2D eigenvalue weighted by atomic mass is 16.5. The summed E-state index contributed by atoms with van der Waals surface area (Å²) < 4.78 is 5.10. The van der Waals surface area contributed by atoms with Crippen LogP contribution in [0.3, 0.4) is 0 Å². The van der Waals surface area contributed by atoms with Gasteiger partial charge in [0.25, 0.3) is 0 Å². The van der Waals surface area contributed by atoms with Crippen LogP contribution in [0, 0.1) is 0 Å². The molecule has 7 nitrogen and oxygen atoms in total. The average molecular weight is 280 g/mol. The van der Waals surface area contributed by atoms with Crippen molar-refractivity contribution in [3.8, 4) is 5.75 Å². The fourth-order valence-electron chi connectivity index (χ4n) is 2.04. The highest BCUT2D eigenvalue weighted by Gasteiger charge is 2.34. The number of carbonyl (C=O) groups is 2. The van der Waals surface area contributed by atoms with Crippen molar-refractivity contribution in [3.05, 3.63) is 24.3 Å². The number of carboxylic acids is 1. The minimum atomic E-state index is -1.10. The van der Waals surface area contributed by atoms with Gasteiger partial charge in [-0.25, -0.2) is 9.59 Å². The predicted molar refractivity (Wildman–Crippen MR) is 70.9 cm³/mol. The summed E-state index contributed by atoms with van der Waals surface area (Å²) in [5, 5.41) is 18.6. The van der Waals surface area contributed by atoms with Crippen molar-refractivity contribution in [1.29, 1.82) is 0 Å². The van der Waals surface area contributed by atoms with Crippen molar-refractivity contribution in [2.24, 2.45) is 0 Å². The zero-order chi connectivity index (χ0) is 14.7. The fraction of sp³-hybridized carbons (Fsp3) is 0.385. The van der Waals surface area contributed by atoms with E-state index in [1.54, 1.807) is 12.1 Å². The molecule has 1 aromatic carbocycles. The van der Waals surface area contributed by atoms with Crippen molar-refractivity contribution < 1.29 is 24.5 Å². The number of carboxylic acid groups (broad SMARTS) is 1. The van der Waals surface area contributed by atoms with Crippen molar-refractivity contribution in [2.45, 2.75) is 6.04 Å². The van der Waals surface area contributed by atoms with Gasteiger partial charge in [0, 0.05) is 25.3 Å². The molecule has 0 aliphatic carbocycles. The van der Waals surface area contributed by atoms with Gasteiger partial charge in [0.1, 0.15) is 5.75 Å². The van der Waals surface area contributed by atoms with E-state index in [9.17, 15) is 14.7 Å². The Hall–Kier alpha value is -2.28. The normalized spacial score (nSPS) is 18.6. The summed E-state index contributed by atoms with van der Waals surface area (Å²) in [7, 11) is 1.53. The van der Waals surface area contributed by atoms with Gasteiger partial charge in [-0.1, -0.05) is 6.07 Å². The third-order valence-corrected chi connectivity index (χ3v) is 3.16. The number of carbonyl (C=O) groups excluding carboxylic acids is 1. The molecule has 1 saturated heterocycles. The molecule has 1 aliphatic heterocycles. The summed E-state index contributed by atoms with van der Waals surface area (Å²) in [6.07, 6.45) is 0. The number of hydrogen-bond acceptors (Lipinski definition) is 4. The van der Waals surface area contributed by atoms with Crippen LogP contribution >= 0.6 is 0 Å².